The molecule has 2 saturated carbocycles. The van der Waals surface area contributed by atoms with Gasteiger partial charge in [-0.25, -0.2) is 0 Å². The molecule has 0 aliphatic heterocycles. The van der Waals surface area contributed by atoms with Crippen LogP contribution in [0.1, 0.15) is 47.9 Å². The van der Waals surface area contributed by atoms with Crippen LogP contribution in [0.2, 0.25) is 0 Å². The molecule has 6 unspecified atom stereocenters. The standard InChI is InChI=1S/C34H28N2O6/c1-5-19-9-20(6-2)12-25(11-19)35-31(37)27-15-23-18-30(34(41)42)28(16-24(23)17-29(27)33(39)40)32(38)36-26-13-21(7-3)10-22(8-4)14-26/h1-4,9-14,23-24,27-30H,15-18H2,(H,35,37)(H,36,38)(H,39,40)(H,41,42). The Kier molecular flexibility index (Phi) is 8.71. The number of hydrogen-bond acceptors (Lipinski definition) is 4. The SMILES string of the molecule is C#Cc1cc(C#C)cc(NC(=O)C2CC3CC(C(=O)O)C(C(=O)Nc4cc(C#C)cc(C#C)c4)CC3CC2C(=O)O)c1. The van der Waals surface area contributed by atoms with E-state index in [2.05, 4.69) is 34.3 Å². The van der Waals surface area contributed by atoms with Gasteiger partial charge in [0.25, 0.3) is 0 Å². The van der Waals surface area contributed by atoms with Crippen molar-refractivity contribution < 1.29 is 29.4 Å². The second-order valence-electron chi connectivity index (χ2n) is 10.7. The van der Waals surface area contributed by atoms with Crippen molar-refractivity contribution in [2.45, 2.75) is 25.7 Å². The number of hydrogen-bond donors (Lipinski definition) is 4. The van der Waals surface area contributed by atoms with E-state index in [0.29, 0.717) is 33.6 Å². The number of carboxylic acids is 2. The van der Waals surface area contributed by atoms with Gasteiger partial charge in [0.2, 0.25) is 11.8 Å². The quantitative estimate of drug-likeness (QED) is 0.399. The maximum absolute atomic E-state index is 13.4. The Morgan fingerprint density at radius 1 is 0.548 bits per heavy atom. The summed E-state index contributed by atoms with van der Waals surface area (Å²) in [5.74, 6) is 2.17. The number of fused-ring (bicyclic) bond motifs is 1. The van der Waals surface area contributed by atoms with E-state index in [1.54, 1.807) is 36.4 Å². The topological polar surface area (TPSA) is 133 Å². The highest BCUT2D eigenvalue weighted by atomic mass is 16.4. The van der Waals surface area contributed by atoms with Crippen molar-refractivity contribution >= 4 is 35.1 Å². The second-order valence-corrected chi connectivity index (χ2v) is 10.7. The first-order chi connectivity index (χ1) is 20.1. The monoisotopic (exact) mass is 560 g/mol. The molecular formula is C34H28N2O6. The third kappa shape index (κ3) is 6.31. The van der Waals surface area contributed by atoms with Crippen LogP contribution in [0.3, 0.4) is 0 Å². The fourth-order valence-corrected chi connectivity index (χ4v) is 6.25. The zero-order chi connectivity index (χ0) is 30.6. The molecule has 2 aliphatic carbocycles. The Hall–Kier alpha value is -5.44. The molecule has 210 valence electrons. The number of terminal acetylenes is 4. The largest absolute Gasteiger partial charge is 0.481 e. The molecule has 42 heavy (non-hydrogen) atoms. The summed E-state index contributed by atoms with van der Waals surface area (Å²) < 4.78 is 0. The Morgan fingerprint density at radius 2 is 0.833 bits per heavy atom. The van der Waals surface area contributed by atoms with Crippen LogP contribution >= 0.6 is 0 Å². The highest BCUT2D eigenvalue weighted by molar-refractivity contribution is 5.97. The first-order valence-electron chi connectivity index (χ1n) is 13.3. The number of carbonyl (C=O) groups excluding carboxylic acids is 2. The number of carbonyl (C=O) groups is 4. The minimum atomic E-state index is -1.13. The van der Waals surface area contributed by atoms with Crippen molar-refractivity contribution in [3.8, 4) is 49.4 Å². The van der Waals surface area contributed by atoms with E-state index in [9.17, 15) is 29.4 Å². The molecule has 4 rings (SSSR count). The number of nitrogens with one attached hydrogen (secondary N) is 2. The smallest absolute Gasteiger partial charge is 0.307 e. The summed E-state index contributed by atoms with van der Waals surface area (Å²) in [5.41, 5.74) is 2.53. The molecule has 4 N–H and O–H groups in total. The van der Waals surface area contributed by atoms with Crippen LogP contribution in [0.15, 0.2) is 36.4 Å². The number of carboxylic acid groups (broad SMARTS) is 2. The highest BCUT2D eigenvalue weighted by Gasteiger charge is 2.50. The molecule has 2 aromatic rings. The maximum atomic E-state index is 13.4. The normalized spacial score (nSPS) is 24.3. The van der Waals surface area contributed by atoms with E-state index in [4.69, 9.17) is 25.7 Å². The number of benzene rings is 2. The lowest BCUT2D eigenvalue weighted by atomic mass is 9.58. The second kappa shape index (κ2) is 12.4. The Labute approximate surface area is 244 Å². The summed E-state index contributed by atoms with van der Waals surface area (Å²) in [5, 5.41) is 25.6. The predicted octanol–water partition coefficient (Wildman–Crippen LogP) is 3.64. The van der Waals surface area contributed by atoms with Crippen LogP contribution in [0.25, 0.3) is 0 Å². The number of aliphatic carboxylic acids is 2. The van der Waals surface area contributed by atoms with Crippen LogP contribution < -0.4 is 10.6 Å². The average molecular weight is 561 g/mol. The van der Waals surface area contributed by atoms with Crippen molar-refractivity contribution in [3.63, 3.8) is 0 Å². The molecule has 6 atom stereocenters. The van der Waals surface area contributed by atoms with Gasteiger partial charge in [-0.3, -0.25) is 19.2 Å². The van der Waals surface area contributed by atoms with Gasteiger partial charge in [-0.15, -0.1) is 25.7 Å². The fourth-order valence-electron chi connectivity index (χ4n) is 6.25. The van der Waals surface area contributed by atoms with Gasteiger partial charge >= 0.3 is 11.9 Å². The molecule has 2 amide bonds. The minimum absolute atomic E-state index is 0.127. The van der Waals surface area contributed by atoms with E-state index in [1.807, 2.05) is 0 Å². The first kappa shape index (κ1) is 29.5. The summed E-state index contributed by atoms with van der Waals surface area (Å²) >= 11 is 0. The zero-order valence-electron chi connectivity index (χ0n) is 22.6. The lowest BCUT2D eigenvalue weighted by Gasteiger charge is -2.45. The van der Waals surface area contributed by atoms with E-state index < -0.39 is 47.4 Å². The maximum Gasteiger partial charge on any atom is 0.307 e. The Morgan fingerprint density at radius 3 is 1.10 bits per heavy atom. The van der Waals surface area contributed by atoms with Crippen molar-refractivity contribution in [1.29, 1.82) is 0 Å². The third-order valence-corrected chi connectivity index (χ3v) is 8.24. The van der Waals surface area contributed by atoms with Crippen LogP contribution in [0.4, 0.5) is 11.4 Å². The summed E-state index contributed by atoms with van der Waals surface area (Å²) in [4.78, 5) is 51.3. The third-order valence-electron chi connectivity index (χ3n) is 8.24. The summed E-state index contributed by atoms with van der Waals surface area (Å²) in [7, 11) is 0. The molecule has 0 aromatic heterocycles. The molecule has 8 heteroatoms. The summed E-state index contributed by atoms with van der Waals surface area (Å²) in [6, 6.07) is 9.49. The molecule has 2 fully saturated rings. The number of rotatable bonds is 6. The molecule has 0 bridgehead atoms. The van der Waals surface area contributed by atoms with Crippen LogP contribution in [-0.4, -0.2) is 34.0 Å². The number of amides is 2. The van der Waals surface area contributed by atoms with Gasteiger partial charge < -0.3 is 20.8 Å². The molecule has 2 aliphatic rings. The van der Waals surface area contributed by atoms with Gasteiger partial charge in [0.1, 0.15) is 0 Å². The molecule has 0 saturated heterocycles. The van der Waals surface area contributed by atoms with Gasteiger partial charge in [0, 0.05) is 33.6 Å². The Bertz CT molecular complexity index is 1440. The van der Waals surface area contributed by atoms with Gasteiger partial charge in [-0.2, -0.15) is 0 Å². The highest BCUT2D eigenvalue weighted by Crippen LogP contribution is 2.49. The number of anilines is 2. The molecule has 0 heterocycles. The lowest BCUT2D eigenvalue weighted by Crippen LogP contribution is -2.48. The Balaban J connectivity index is 1.55. The molecule has 2 aromatic carbocycles. The van der Waals surface area contributed by atoms with Crippen LogP contribution in [-0.2, 0) is 19.2 Å². The molecular weight excluding hydrogens is 532 g/mol. The van der Waals surface area contributed by atoms with Gasteiger partial charge in [-0.05, 0) is 73.9 Å². The molecule has 8 nitrogen and oxygen atoms in total. The van der Waals surface area contributed by atoms with E-state index >= 15 is 0 Å². The molecule has 0 radical (unpaired) electrons. The lowest BCUT2D eigenvalue weighted by molar-refractivity contribution is -0.156. The van der Waals surface area contributed by atoms with Gasteiger partial charge in [-0.1, -0.05) is 23.7 Å². The van der Waals surface area contributed by atoms with Crippen molar-refractivity contribution in [2.24, 2.45) is 35.5 Å². The average Bonchev–Trinajstić information content (AvgIpc) is 2.98. The predicted molar refractivity (Wildman–Crippen MR) is 157 cm³/mol. The van der Waals surface area contributed by atoms with Crippen LogP contribution in [0, 0.1) is 84.9 Å². The van der Waals surface area contributed by atoms with Gasteiger partial charge in [0.05, 0.1) is 23.7 Å². The molecule has 0 spiro atoms. The van der Waals surface area contributed by atoms with Crippen molar-refractivity contribution in [2.75, 3.05) is 10.6 Å². The van der Waals surface area contributed by atoms with E-state index in [0.717, 1.165) is 0 Å². The van der Waals surface area contributed by atoms with E-state index in [1.165, 1.54) is 0 Å². The summed E-state index contributed by atoms with van der Waals surface area (Å²) in [6.45, 7) is 0. The zero-order valence-corrected chi connectivity index (χ0v) is 22.6. The summed E-state index contributed by atoms with van der Waals surface area (Å²) in [6.07, 6.45) is 22.5. The van der Waals surface area contributed by atoms with Crippen molar-refractivity contribution in [1.82, 2.24) is 0 Å². The fraction of sp³-hybridized carbons (Fsp3) is 0.294. The minimum Gasteiger partial charge on any atom is -0.481 e. The van der Waals surface area contributed by atoms with Crippen LogP contribution in [0.5, 0.6) is 0 Å². The van der Waals surface area contributed by atoms with E-state index in [-0.39, 0.29) is 37.5 Å². The van der Waals surface area contributed by atoms with Gasteiger partial charge in [0.15, 0.2) is 0 Å². The van der Waals surface area contributed by atoms with Crippen molar-refractivity contribution in [3.05, 3.63) is 58.7 Å². The first-order valence-corrected chi connectivity index (χ1v) is 13.3.